The summed E-state index contributed by atoms with van der Waals surface area (Å²) in [5.74, 6) is -0.447. The molecule has 1 unspecified atom stereocenters. The Morgan fingerprint density at radius 2 is 2.07 bits per heavy atom. The molecule has 1 N–H and O–H groups in total. The lowest BCUT2D eigenvalue weighted by Gasteiger charge is -2.09. The molecule has 5 heteroatoms. The van der Waals surface area contributed by atoms with Gasteiger partial charge in [-0.05, 0) is 13.0 Å². The summed E-state index contributed by atoms with van der Waals surface area (Å²) in [7, 11) is 0. The lowest BCUT2D eigenvalue weighted by molar-refractivity contribution is 0.203. The molecule has 0 bridgehead atoms. The summed E-state index contributed by atoms with van der Waals surface area (Å²) in [6, 6.07) is 0.245. The predicted octanol–water partition coefficient (Wildman–Crippen LogP) is 1.38. The molecular formula is C10H16FN3O. The fraction of sp³-hybridized carbons (Fsp3) is 0.600. The first-order chi connectivity index (χ1) is 7.34. The molecule has 4 nitrogen and oxygen atoms in total. The molecule has 1 aliphatic rings. The molecule has 0 aliphatic carbocycles. The molecule has 1 aliphatic heterocycles. The first-order valence-electron chi connectivity index (χ1n) is 5.19. The third kappa shape index (κ3) is 3.79. The highest BCUT2D eigenvalue weighted by atomic mass is 19.1. The minimum absolute atomic E-state index is 0.116. The lowest BCUT2D eigenvalue weighted by Crippen LogP contribution is -2.20. The van der Waals surface area contributed by atoms with Crippen molar-refractivity contribution < 1.29 is 9.13 Å². The van der Waals surface area contributed by atoms with E-state index in [1.165, 1.54) is 0 Å². The van der Waals surface area contributed by atoms with E-state index in [0.29, 0.717) is 0 Å². The minimum atomic E-state index is -0.447. The molecule has 0 radical (unpaired) electrons. The Morgan fingerprint density at radius 3 is 2.60 bits per heavy atom. The largest absolute Gasteiger partial charge is 0.459 e. The van der Waals surface area contributed by atoms with Gasteiger partial charge in [0.15, 0.2) is 5.82 Å². The van der Waals surface area contributed by atoms with Crippen LogP contribution in [0.1, 0.15) is 20.3 Å². The first-order valence-corrected chi connectivity index (χ1v) is 5.19. The van der Waals surface area contributed by atoms with Crippen molar-refractivity contribution in [2.45, 2.75) is 26.4 Å². The molecule has 0 saturated carbocycles. The van der Waals surface area contributed by atoms with Crippen molar-refractivity contribution in [2.75, 3.05) is 13.1 Å². The second kappa shape index (κ2) is 6.29. The second-order valence-corrected chi connectivity index (χ2v) is 2.92. The van der Waals surface area contributed by atoms with Crippen LogP contribution in [0.15, 0.2) is 12.4 Å². The van der Waals surface area contributed by atoms with Gasteiger partial charge < -0.3 is 10.1 Å². The molecule has 0 aromatic carbocycles. The van der Waals surface area contributed by atoms with Gasteiger partial charge in [0, 0.05) is 6.54 Å². The van der Waals surface area contributed by atoms with Gasteiger partial charge in [-0.25, -0.2) is 14.4 Å². The van der Waals surface area contributed by atoms with E-state index in [9.17, 15) is 4.39 Å². The molecule has 2 heterocycles. The molecule has 1 aromatic rings. The quantitative estimate of drug-likeness (QED) is 0.806. The van der Waals surface area contributed by atoms with E-state index in [0.717, 1.165) is 31.9 Å². The summed E-state index contributed by atoms with van der Waals surface area (Å²) in [4.78, 5) is 7.41. The molecule has 1 fully saturated rings. The highest BCUT2D eigenvalue weighted by Crippen LogP contribution is 2.08. The summed E-state index contributed by atoms with van der Waals surface area (Å²) in [6.45, 7) is 5.76. The van der Waals surface area contributed by atoms with Crippen LogP contribution in [0.5, 0.6) is 6.01 Å². The highest BCUT2D eigenvalue weighted by Gasteiger charge is 2.16. The Kier molecular flexibility index (Phi) is 4.97. The Labute approximate surface area is 88.9 Å². The van der Waals surface area contributed by atoms with Crippen LogP contribution in [0.3, 0.4) is 0 Å². The topological polar surface area (TPSA) is 47.0 Å². The normalized spacial score (nSPS) is 19.3. The maximum Gasteiger partial charge on any atom is 0.316 e. The number of hydrogen-bond donors (Lipinski definition) is 1. The molecule has 1 aromatic heterocycles. The molecule has 0 spiro atoms. The van der Waals surface area contributed by atoms with Crippen molar-refractivity contribution >= 4 is 0 Å². The van der Waals surface area contributed by atoms with E-state index in [1.807, 2.05) is 13.8 Å². The van der Waals surface area contributed by atoms with Crippen LogP contribution in [-0.2, 0) is 0 Å². The van der Waals surface area contributed by atoms with Crippen LogP contribution >= 0.6 is 0 Å². The third-order valence-corrected chi connectivity index (χ3v) is 1.88. The average molecular weight is 213 g/mol. The fourth-order valence-electron chi connectivity index (χ4n) is 1.24. The van der Waals surface area contributed by atoms with Gasteiger partial charge >= 0.3 is 6.01 Å². The Hall–Kier alpha value is -1.23. The van der Waals surface area contributed by atoms with Crippen molar-refractivity contribution in [3.8, 4) is 6.01 Å². The molecule has 1 saturated heterocycles. The van der Waals surface area contributed by atoms with Crippen molar-refractivity contribution in [2.24, 2.45) is 0 Å². The first kappa shape index (κ1) is 11.8. The van der Waals surface area contributed by atoms with E-state index in [2.05, 4.69) is 15.3 Å². The smallest absolute Gasteiger partial charge is 0.316 e. The van der Waals surface area contributed by atoms with Gasteiger partial charge in [-0.1, -0.05) is 13.8 Å². The number of rotatable bonds is 2. The SMILES string of the molecule is CC.Fc1cnc(OC2CCNC2)nc1. The zero-order valence-corrected chi connectivity index (χ0v) is 9.03. The Morgan fingerprint density at radius 1 is 1.40 bits per heavy atom. The van der Waals surface area contributed by atoms with Gasteiger partial charge in [0.1, 0.15) is 6.10 Å². The maximum absolute atomic E-state index is 12.4. The molecule has 1 atom stereocenters. The standard InChI is InChI=1S/C8H10FN3O.C2H6/c9-6-3-11-8(12-4-6)13-7-1-2-10-5-7;1-2/h3-4,7,10H,1-2,5H2;1-2H3. The summed E-state index contributed by atoms with van der Waals surface area (Å²) in [6.07, 6.45) is 3.27. The maximum atomic E-state index is 12.4. The average Bonchev–Trinajstić information content (AvgIpc) is 2.77. The number of ether oxygens (including phenoxy) is 1. The van der Waals surface area contributed by atoms with Crippen LogP contribution in [0.2, 0.25) is 0 Å². The fourth-order valence-corrected chi connectivity index (χ4v) is 1.24. The van der Waals surface area contributed by atoms with E-state index < -0.39 is 5.82 Å². The van der Waals surface area contributed by atoms with Crippen LogP contribution in [0.4, 0.5) is 4.39 Å². The van der Waals surface area contributed by atoms with E-state index in [4.69, 9.17) is 4.74 Å². The molecular weight excluding hydrogens is 197 g/mol. The van der Waals surface area contributed by atoms with E-state index in [-0.39, 0.29) is 12.1 Å². The molecule has 15 heavy (non-hydrogen) atoms. The molecule has 0 amide bonds. The van der Waals surface area contributed by atoms with E-state index in [1.54, 1.807) is 0 Å². The second-order valence-electron chi connectivity index (χ2n) is 2.92. The highest BCUT2D eigenvalue weighted by molar-refractivity contribution is 4.97. The van der Waals surface area contributed by atoms with Gasteiger partial charge in [0.2, 0.25) is 0 Å². The monoisotopic (exact) mass is 213 g/mol. The van der Waals surface area contributed by atoms with Gasteiger partial charge in [-0.15, -0.1) is 0 Å². The summed E-state index contributed by atoms with van der Waals surface area (Å²) >= 11 is 0. The van der Waals surface area contributed by atoms with Gasteiger partial charge in [-0.3, -0.25) is 0 Å². The van der Waals surface area contributed by atoms with Crippen molar-refractivity contribution in [1.29, 1.82) is 0 Å². The number of halogens is 1. The van der Waals surface area contributed by atoms with Crippen molar-refractivity contribution in [1.82, 2.24) is 15.3 Å². The van der Waals surface area contributed by atoms with E-state index >= 15 is 0 Å². The van der Waals surface area contributed by atoms with Crippen LogP contribution < -0.4 is 10.1 Å². The lowest BCUT2D eigenvalue weighted by atomic mass is 10.3. The predicted molar refractivity (Wildman–Crippen MR) is 55.2 cm³/mol. The summed E-state index contributed by atoms with van der Waals surface area (Å²) < 4.78 is 17.8. The zero-order valence-electron chi connectivity index (χ0n) is 9.03. The number of aromatic nitrogens is 2. The van der Waals surface area contributed by atoms with Gasteiger partial charge in [0.05, 0.1) is 12.4 Å². The van der Waals surface area contributed by atoms with Crippen LogP contribution in [0.25, 0.3) is 0 Å². The summed E-state index contributed by atoms with van der Waals surface area (Å²) in [5, 5.41) is 3.15. The van der Waals surface area contributed by atoms with Crippen molar-refractivity contribution in [3.05, 3.63) is 18.2 Å². The minimum Gasteiger partial charge on any atom is -0.459 e. The summed E-state index contributed by atoms with van der Waals surface area (Å²) in [5.41, 5.74) is 0. The van der Waals surface area contributed by atoms with Gasteiger partial charge in [-0.2, -0.15) is 0 Å². The Balaban J connectivity index is 0.000000531. The van der Waals surface area contributed by atoms with Gasteiger partial charge in [0.25, 0.3) is 0 Å². The number of nitrogens with one attached hydrogen (secondary N) is 1. The Bertz CT molecular complexity index is 273. The molecule has 84 valence electrons. The third-order valence-electron chi connectivity index (χ3n) is 1.88. The number of hydrogen-bond acceptors (Lipinski definition) is 4. The molecule has 2 rings (SSSR count). The number of nitrogens with zero attached hydrogens (tertiary/aromatic N) is 2. The van der Waals surface area contributed by atoms with Crippen LogP contribution in [0, 0.1) is 5.82 Å². The van der Waals surface area contributed by atoms with Crippen LogP contribution in [-0.4, -0.2) is 29.2 Å². The zero-order chi connectivity index (χ0) is 11.1. The van der Waals surface area contributed by atoms with Crippen molar-refractivity contribution in [3.63, 3.8) is 0 Å².